The van der Waals surface area contributed by atoms with E-state index in [0.29, 0.717) is 0 Å². The highest BCUT2D eigenvalue weighted by atomic mass is 16.6. The smallest absolute Gasteiger partial charge is 0.338 e. The molecule has 8 rings (SSSR count). The number of nitrogens with one attached hydrogen (secondary N) is 1. The summed E-state index contributed by atoms with van der Waals surface area (Å²) in [5.41, 5.74) is -9.57. The normalized spacial score (nSPS) is 30.3. The van der Waals surface area contributed by atoms with Crippen molar-refractivity contribution in [2.75, 3.05) is 6.61 Å². The van der Waals surface area contributed by atoms with Gasteiger partial charge in [0, 0.05) is 48.8 Å². The molecule has 4 aromatic rings. The summed E-state index contributed by atoms with van der Waals surface area (Å²) < 4.78 is 65.1. The topological polar surface area (TPSA) is 238 Å². The number of rotatable bonds is 12. The summed E-state index contributed by atoms with van der Waals surface area (Å²) in [4.78, 5) is 98.5. The molecule has 2 saturated carbocycles. The lowest BCUT2D eigenvalue weighted by atomic mass is 9.44. The van der Waals surface area contributed by atoms with Gasteiger partial charge in [0.25, 0.3) is 5.91 Å². The molecule has 11 atom stereocenters. The van der Waals surface area contributed by atoms with Gasteiger partial charge in [-0.15, -0.1) is 0 Å². The van der Waals surface area contributed by atoms with Crippen LogP contribution in [-0.4, -0.2) is 111 Å². The Morgan fingerprint density at radius 3 is 1.91 bits per heavy atom. The lowest BCUT2D eigenvalue weighted by Gasteiger charge is -2.67. The summed E-state index contributed by atoms with van der Waals surface area (Å²) >= 11 is 0. The number of carbonyl (C=O) groups is 7. The predicted molar refractivity (Wildman–Crippen MR) is 248 cm³/mol. The van der Waals surface area contributed by atoms with E-state index in [1.807, 2.05) is 0 Å². The van der Waals surface area contributed by atoms with Crippen molar-refractivity contribution >= 4 is 41.4 Å². The van der Waals surface area contributed by atoms with E-state index in [1.54, 1.807) is 42.5 Å². The number of amides is 1. The molecule has 1 aliphatic heterocycles. The molecule has 1 amide bonds. The SMILES string of the molecule is [3H]c1c([3H])c(C(=O)c2ccccc2)c([3H])c([3H])c1C(=O)N[C@@H](c1ccccc1)[C@@H](O)C(=O)O[C@H]1C[C@@]2(O)[C@@H](OC(=O)c3ccccc3)[C@@H]3[C@]4(OC(C)=O)CO[C@@H]4C[C@H](O)[C@@]3(C)C(=O)[C@H](OC(C)=O)C(=C1C)C2(C)C. The van der Waals surface area contributed by atoms with Crippen LogP contribution in [0.5, 0.6) is 0 Å². The minimum Gasteiger partial charge on any atom is -0.456 e. The molecule has 4 aliphatic rings. The molecular formula is C54H55NO15. The largest absolute Gasteiger partial charge is 0.456 e. The van der Waals surface area contributed by atoms with Gasteiger partial charge in [0.2, 0.25) is 0 Å². The van der Waals surface area contributed by atoms with Crippen molar-refractivity contribution in [1.29, 1.82) is 0 Å². The quantitative estimate of drug-likeness (QED) is 0.0635. The predicted octanol–water partition coefficient (Wildman–Crippen LogP) is 4.97. The standard InChI is InChI=1S/C54H55NO15/c1-29-37(68-50(64)43(60)41(32-16-10-7-11-17-32)55-48(62)35-24-22-34(23-25-35)42(59)33-18-12-8-13-19-33)27-54(65)47(69-49(63)36-20-14-9-15-21-36)45-52(6,38(58)26-39-53(45,28-66-39)70-31(3)57)46(61)44(67-30(2)56)40(29)51(54,4)5/h7-25,37-39,41,43-45,47,58,60,65H,26-28H2,1-6H3,(H,55,62)/t37-,38-,39+,41-,43+,44+,45-,47-,52+,53-,54+/m0/s1/i22T,23T,24T,25T. The number of Topliss-reactive ketones (excluding diaryl/α,β-unsaturated/α-hetero) is 1. The zero-order valence-electron chi connectivity index (χ0n) is 43.1. The van der Waals surface area contributed by atoms with E-state index in [4.69, 9.17) is 29.2 Å². The second-order valence-corrected chi connectivity index (χ2v) is 18.9. The van der Waals surface area contributed by atoms with Crippen molar-refractivity contribution in [3.63, 3.8) is 0 Å². The van der Waals surface area contributed by atoms with Gasteiger partial charge in [-0.25, -0.2) is 9.59 Å². The second-order valence-electron chi connectivity index (χ2n) is 18.9. The third kappa shape index (κ3) is 8.41. The Morgan fingerprint density at radius 1 is 0.786 bits per heavy atom. The van der Waals surface area contributed by atoms with E-state index in [-0.39, 0.29) is 40.9 Å². The van der Waals surface area contributed by atoms with Crippen LogP contribution in [0.4, 0.5) is 0 Å². The van der Waals surface area contributed by atoms with E-state index in [1.165, 1.54) is 76.2 Å². The molecule has 4 N–H and O–H groups in total. The van der Waals surface area contributed by atoms with Crippen molar-refractivity contribution in [2.45, 2.75) is 108 Å². The highest BCUT2D eigenvalue weighted by Gasteiger charge is 2.78. The number of aliphatic hydroxyl groups excluding tert-OH is 2. The van der Waals surface area contributed by atoms with Crippen LogP contribution in [0.1, 0.15) is 108 Å². The Labute approximate surface area is 409 Å². The maximum atomic E-state index is 15.6. The molecule has 0 radical (unpaired) electrons. The molecule has 0 aromatic heterocycles. The highest BCUT2D eigenvalue weighted by molar-refractivity contribution is 6.09. The Kier molecular flexibility index (Phi) is 11.9. The van der Waals surface area contributed by atoms with Crippen LogP contribution in [0, 0.1) is 16.7 Å². The molecule has 4 aromatic carbocycles. The van der Waals surface area contributed by atoms with Crippen LogP contribution in [-0.2, 0) is 42.9 Å². The molecule has 0 unspecified atom stereocenters. The van der Waals surface area contributed by atoms with Crippen LogP contribution in [0.2, 0.25) is 0 Å². The van der Waals surface area contributed by atoms with Gasteiger partial charge in [0.05, 0.1) is 41.1 Å². The van der Waals surface area contributed by atoms with Gasteiger partial charge in [-0.05, 0) is 54.8 Å². The first kappa shape index (κ1) is 44.4. The second kappa shape index (κ2) is 18.8. The monoisotopic (exact) mass is 965 g/mol. The third-order valence-electron chi connectivity index (χ3n) is 14.6. The average molecular weight is 966 g/mol. The highest BCUT2D eigenvalue weighted by Crippen LogP contribution is 2.64. The first-order chi connectivity index (χ1) is 34.8. The zero-order valence-corrected chi connectivity index (χ0v) is 39.1. The molecule has 3 fully saturated rings. The molecule has 1 heterocycles. The van der Waals surface area contributed by atoms with Crippen molar-refractivity contribution < 1.29 is 78.0 Å². The third-order valence-corrected chi connectivity index (χ3v) is 14.6. The first-order valence-electron chi connectivity index (χ1n) is 24.7. The van der Waals surface area contributed by atoms with E-state index >= 15 is 4.79 Å². The zero-order chi connectivity index (χ0) is 54.0. The number of benzene rings is 4. The van der Waals surface area contributed by atoms with Gasteiger partial charge in [0.15, 0.2) is 29.4 Å². The summed E-state index contributed by atoms with van der Waals surface area (Å²) in [6.45, 7) is 7.56. The molecular weight excluding hydrogens is 903 g/mol. The van der Waals surface area contributed by atoms with Crippen LogP contribution < -0.4 is 5.32 Å². The number of esters is 4. The number of aliphatic hydroxyl groups is 3. The number of ketones is 2. The first-order valence-corrected chi connectivity index (χ1v) is 22.7. The van der Waals surface area contributed by atoms with Crippen molar-refractivity contribution in [3.8, 4) is 0 Å². The van der Waals surface area contributed by atoms with Crippen molar-refractivity contribution in [1.82, 2.24) is 5.32 Å². The minimum absolute atomic E-state index is 0.00790. The minimum atomic E-state index is -2.52. The van der Waals surface area contributed by atoms with Crippen LogP contribution in [0.3, 0.4) is 0 Å². The summed E-state index contributed by atoms with van der Waals surface area (Å²) in [5, 5.41) is 40.4. The van der Waals surface area contributed by atoms with Gasteiger partial charge in [0.1, 0.15) is 23.9 Å². The number of hydrogen-bond donors (Lipinski definition) is 4. The van der Waals surface area contributed by atoms with Crippen LogP contribution in [0.25, 0.3) is 0 Å². The van der Waals surface area contributed by atoms with E-state index in [9.17, 15) is 44.1 Å². The summed E-state index contributed by atoms with van der Waals surface area (Å²) in [7, 11) is 0. The van der Waals surface area contributed by atoms with Gasteiger partial charge >= 0.3 is 23.9 Å². The van der Waals surface area contributed by atoms with Crippen molar-refractivity contribution in [2.24, 2.45) is 16.7 Å². The number of carbonyl (C=O) groups excluding carboxylic acids is 7. The van der Waals surface area contributed by atoms with Crippen molar-refractivity contribution in [3.05, 3.63) is 154 Å². The fourth-order valence-corrected chi connectivity index (χ4v) is 10.9. The fourth-order valence-electron chi connectivity index (χ4n) is 10.9. The molecule has 16 heteroatoms. The van der Waals surface area contributed by atoms with Gasteiger partial charge in [-0.1, -0.05) is 105 Å². The van der Waals surface area contributed by atoms with Gasteiger partial charge in [-0.3, -0.25) is 24.0 Å². The lowest BCUT2D eigenvalue weighted by molar-refractivity contribution is -0.346. The number of fused-ring (bicyclic) bond motifs is 5. The molecule has 2 bridgehead atoms. The Hall–Kier alpha value is -6.85. The average Bonchev–Trinajstić information content (AvgIpc) is 3.36. The Balaban J connectivity index is 1.23. The molecule has 366 valence electrons. The number of hydrogen-bond acceptors (Lipinski definition) is 15. The van der Waals surface area contributed by atoms with Gasteiger partial charge in [-0.2, -0.15) is 0 Å². The van der Waals surface area contributed by atoms with E-state index in [0.717, 1.165) is 13.8 Å². The number of ether oxygens (including phenoxy) is 5. The molecule has 0 spiro atoms. The van der Waals surface area contributed by atoms with Gasteiger partial charge < -0.3 is 44.3 Å². The summed E-state index contributed by atoms with van der Waals surface area (Å²) in [6, 6.07) is 17.6. The van der Waals surface area contributed by atoms with E-state index < -0.39 is 154 Å². The Bertz CT molecular complexity index is 2960. The Morgan fingerprint density at radius 2 is 1.36 bits per heavy atom. The molecule has 1 saturated heterocycles. The summed E-state index contributed by atoms with van der Waals surface area (Å²) in [5.74, 6) is -8.93. The summed E-state index contributed by atoms with van der Waals surface area (Å²) in [6.07, 6.45) is -11.5. The fraction of sp³-hybridized carbons (Fsp3) is 0.389. The maximum Gasteiger partial charge on any atom is 0.338 e. The maximum absolute atomic E-state index is 15.6. The lowest BCUT2D eigenvalue weighted by Crippen LogP contribution is -2.82. The molecule has 16 nitrogen and oxygen atoms in total. The van der Waals surface area contributed by atoms with Crippen LogP contribution in [0.15, 0.2) is 126 Å². The van der Waals surface area contributed by atoms with E-state index in [2.05, 4.69) is 5.32 Å². The molecule has 3 aliphatic carbocycles. The van der Waals surface area contributed by atoms with Crippen LogP contribution >= 0.6 is 0 Å². The molecule has 70 heavy (non-hydrogen) atoms.